The molecular weight excluding hydrogens is 272 g/mol. The average Bonchev–Trinajstić information content (AvgIpc) is 2.96. The quantitative estimate of drug-likeness (QED) is 0.488. The van der Waals surface area contributed by atoms with Gasteiger partial charge in [0.2, 0.25) is 0 Å². The maximum absolute atomic E-state index is 5.75. The smallest absolute Gasteiger partial charge is 0.147 e. The third kappa shape index (κ3) is 6.11. The molecule has 2 rings (SSSR count). The van der Waals surface area contributed by atoms with Gasteiger partial charge < -0.3 is 23.7 Å². The summed E-state index contributed by atoms with van der Waals surface area (Å²) in [6, 6.07) is 10.1. The number of benzene rings is 1. The van der Waals surface area contributed by atoms with Gasteiger partial charge in [-0.25, -0.2) is 0 Å². The van der Waals surface area contributed by atoms with Crippen molar-refractivity contribution >= 4 is 0 Å². The monoisotopic (exact) mass is 296 g/mol. The summed E-state index contributed by atoms with van der Waals surface area (Å²) in [7, 11) is 0. The van der Waals surface area contributed by atoms with Crippen LogP contribution in [0.5, 0.6) is 0 Å². The summed E-state index contributed by atoms with van der Waals surface area (Å²) < 4.78 is 27.5. The molecule has 0 radical (unpaired) electrons. The highest BCUT2D eigenvalue weighted by Crippen LogP contribution is 2.13. The summed E-state index contributed by atoms with van der Waals surface area (Å²) in [5.41, 5.74) is 1.17. The van der Waals surface area contributed by atoms with E-state index in [0.29, 0.717) is 39.6 Å². The SMILES string of the molecule is CCOCO[C@H]1COC[C@@H]1OCCOCc1ccccc1. The predicted molar refractivity (Wildman–Crippen MR) is 78.0 cm³/mol. The van der Waals surface area contributed by atoms with Gasteiger partial charge in [-0.2, -0.15) is 0 Å². The predicted octanol–water partition coefficient (Wildman–Crippen LogP) is 2.00. The van der Waals surface area contributed by atoms with Gasteiger partial charge in [-0.3, -0.25) is 0 Å². The molecule has 1 fully saturated rings. The van der Waals surface area contributed by atoms with Crippen LogP contribution in [-0.2, 0) is 30.3 Å². The van der Waals surface area contributed by atoms with Gasteiger partial charge in [-0.1, -0.05) is 30.3 Å². The highest BCUT2D eigenvalue weighted by Gasteiger charge is 2.29. The summed E-state index contributed by atoms with van der Waals surface area (Å²) in [6.07, 6.45) is -0.0866. The zero-order valence-electron chi connectivity index (χ0n) is 12.5. The summed E-state index contributed by atoms with van der Waals surface area (Å²) in [4.78, 5) is 0. The Labute approximate surface area is 126 Å². The Morgan fingerprint density at radius 3 is 2.52 bits per heavy atom. The van der Waals surface area contributed by atoms with Crippen molar-refractivity contribution in [1.29, 1.82) is 0 Å². The van der Waals surface area contributed by atoms with Crippen LogP contribution in [0.3, 0.4) is 0 Å². The van der Waals surface area contributed by atoms with E-state index in [2.05, 4.69) is 0 Å². The van der Waals surface area contributed by atoms with Crippen LogP contribution in [0.25, 0.3) is 0 Å². The lowest BCUT2D eigenvalue weighted by atomic mass is 10.2. The number of ether oxygens (including phenoxy) is 5. The maximum atomic E-state index is 5.75. The first-order valence-corrected chi connectivity index (χ1v) is 7.40. The molecule has 118 valence electrons. The Kier molecular flexibility index (Phi) is 7.70. The lowest BCUT2D eigenvalue weighted by Gasteiger charge is -2.18. The van der Waals surface area contributed by atoms with Crippen LogP contribution < -0.4 is 0 Å². The molecule has 0 aliphatic carbocycles. The fraction of sp³-hybridized carbons (Fsp3) is 0.625. The van der Waals surface area contributed by atoms with Gasteiger partial charge in [0.15, 0.2) is 0 Å². The van der Waals surface area contributed by atoms with Gasteiger partial charge in [-0.15, -0.1) is 0 Å². The first-order valence-electron chi connectivity index (χ1n) is 7.40. The van der Waals surface area contributed by atoms with E-state index >= 15 is 0 Å². The average molecular weight is 296 g/mol. The van der Waals surface area contributed by atoms with Gasteiger partial charge in [0.05, 0.1) is 33.0 Å². The Morgan fingerprint density at radius 1 is 1.00 bits per heavy atom. The Hall–Kier alpha value is -0.980. The molecule has 1 aromatic carbocycles. The van der Waals surface area contributed by atoms with Crippen molar-refractivity contribution in [1.82, 2.24) is 0 Å². The van der Waals surface area contributed by atoms with Crippen LogP contribution in [0.1, 0.15) is 12.5 Å². The van der Waals surface area contributed by atoms with E-state index < -0.39 is 0 Å². The van der Waals surface area contributed by atoms with Gasteiger partial charge >= 0.3 is 0 Å². The van der Waals surface area contributed by atoms with Gasteiger partial charge in [0.1, 0.15) is 19.0 Å². The lowest BCUT2D eigenvalue weighted by molar-refractivity contribution is -0.124. The van der Waals surface area contributed by atoms with Gasteiger partial charge in [-0.05, 0) is 12.5 Å². The molecule has 1 aromatic rings. The normalized spacial score (nSPS) is 21.8. The van der Waals surface area contributed by atoms with Gasteiger partial charge in [0, 0.05) is 6.61 Å². The molecular formula is C16H24O5. The lowest BCUT2D eigenvalue weighted by Crippen LogP contribution is -2.31. The topological polar surface area (TPSA) is 46.2 Å². The highest BCUT2D eigenvalue weighted by atomic mass is 16.7. The van der Waals surface area contributed by atoms with Crippen LogP contribution in [0.2, 0.25) is 0 Å². The summed E-state index contributed by atoms with van der Waals surface area (Å²) >= 11 is 0. The molecule has 0 unspecified atom stereocenters. The first kappa shape index (κ1) is 16.4. The Balaban J connectivity index is 1.55. The fourth-order valence-electron chi connectivity index (χ4n) is 2.07. The molecule has 0 aromatic heterocycles. The standard InChI is InChI=1S/C16H24O5/c1-2-17-13-21-16-12-19-11-15(16)20-9-8-18-10-14-6-4-3-5-7-14/h3-7,15-16H,2,8-13H2,1H3/t15-,16-/m0/s1. The van der Waals surface area contributed by atoms with Crippen LogP contribution in [-0.4, -0.2) is 52.0 Å². The van der Waals surface area contributed by atoms with Gasteiger partial charge in [0.25, 0.3) is 0 Å². The summed E-state index contributed by atoms with van der Waals surface area (Å²) in [6.45, 7) is 5.69. The minimum atomic E-state index is -0.0503. The first-order chi connectivity index (χ1) is 10.4. The highest BCUT2D eigenvalue weighted by molar-refractivity contribution is 5.13. The second kappa shape index (κ2) is 9.87. The molecule has 1 heterocycles. The van der Waals surface area contributed by atoms with E-state index in [1.54, 1.807) is 0 Å². The molecule has 1 aliphatic heterocycles. The van der Waals surface area contributed by atoms with Crippen molar-refractivity contribution < 1.29 is 23.7 Å². The van der Waals surface area contributed by atoms with E-state index in [1.165, 1.54) is 5.56 Å². The van der Waals surface area contributed by atoms with E-state index in [1.807, 2.05) is 37.3 Å². The fourth-order valence-corrected chi connectivity index (χ4v) is 2.07. The molecule has 21 heavy (non-hydrogen) atoms. The molecule has 0 N–H and O–H groups in total. The molecule has 0 amide bonds. The van der Waals surface area contributed by atoms with E-state index in [0.717, 1.165) is 0 Å². The van der Waals surface area contributed by atoms with Crippen molar-refractivity contribution in [2.24, 2.45) is 0 Å². The minimum Gasteiger partial charge on any atom is -0.376 e. The minimum absolute atomic E-state index is 0.0363. The Morgan fingerprint density at radius 2 is 1.76 bits per heavy atom. The zero-order valence-corrected chi connectivity index (χ0v) is 12.5. The second-order valence-corrected chi connectivity index (χ2v) is 4.80. The molecule has 1 aliphatic rings. The van der Waals surface area contributed by atoms with Crippen molar-refractivity contribution in [3.8, 4) is 0 Å². The van der Waals surface area contributed by atoms with Crippen molar-refractivity contribution in [3.63, 3.8) is 0 Å². The van der Waals surface area contributed by atoms with Crippen molar-refractivity contribution in [2.45, 2.75) is 25.7 Å². The third-order valence-electron chi connectivity index (χ3n) is 3.22. The van der Waals surface area contributed by atoms with Crippen molar-refractivity contribution in [2.75, 3.05) is 39.8 Å². The van der Waals surface area contributed by atoms with Crippen LogP contribution in [0.15, 0.2) is 30.3 Å². The van der Waals surface area contributed by atoms with E-state index in [4.69, 9.17) is 23.7 Å². The van der Waals surface area contributed by atoms with Crippen LogP contribution in [0, 0.1) is 0 Å². The Bertz CT molecular complexity index is 370. The third-order valence-corrected chi connectivity index (χ3v) is 3.22. The molecule has 5 heteroatoms. The molecule has 0 spiro atoms. The maximum Gasteiger partial charge on any atom is 0.147 e. The summed E-state index contributed by atoms with van der Waals surface area (Å²) in [5, 5.41) is 0. The van der Waals surface area contributed by atoms with Crippen molar-refractivity contribution in [3.05, 3.63) is 35.9 Å². The van der Waals surface area contributed by atoms with E-state index in [9.17, 15) is 0 Å². The molecule has 0 bridgehead atoms. The molecule has 0 saturated carbocycles. The number of hydrogen-bond donors (Lipinski definition) is 0. The zero-order chi connectivity index (χ0) is 14.8. The van der Waals surface area contributed by atoms with E-state index in [-0.39, 0.29) is 19.0 Å². The number of rotatable bonds is 10. The number of hydrogen-bond acceptors (Lipinski definition) is 5. The molecule has 5 nitrogen and oxygen atoms in total. The van der Waals surface area contributed by atoms with Crippen LogP contribution >= 0.6 is 0 Å². The molecule has 2 atom stereocenters. The van der Waals surface area contributed by atoms with Crippen LogP contribution in [0.4, 0.5) is 0 Å². The second-order valence-electron chi connectivity index (χ2n) is 4.80. The summed E-state index contributed by atoms with van der Waals surface area (Å²) in [5.74, 6) is 0. The largest absolute Gasteiger partial charge is 0.376 e. The molecule has 1 saturated heterocycles.